The fourth-order valence-corrected chi connectivity index (χ4v) is 2.42. The van der Waals surface area contributed by atoms with E-state index in [4.69, 9.17) is 32.7 Å². The largest absolute Gasteiger partial charge is 0.496 e. The van der Waals surface area contributed by atoms with Gasteiger partial charge in [-0.25, -0.2) is 0 Å². The van der Waals surface area contributed by atoms with Crippen LogP contribution in [-0.4, -0.2) is 13.1 Å². The van der Waals surface area contributed by atoms with Crippen LogP contribution in [0, 0.1) is 0 Å². The van der Waals surface area contributed by atoms with Gasteiger partial charge in [-0.1, -0.05) is 59.6 Å². The summed E-state index contributed by atoms with van der Waals surface area (Å²) in [5.74, 6) is -0.274. The molecular formula is C19H18Cl2O3. The lowest BCUT2D eigenvalue weighted by atomic mass is 10.0. The Balaban J connectivity index is 2.13. The second kappa shape index (κ2) is 9.36. The first-order valence-corrected chi connectivity index (χ1v) is 8.22. The third-order valence-electron chi connectivity index (χ3n) is 3.43. The highest BCUT2D eigenvalue weighted by Crippen LogP contribution is 2.28. The zero-order chi connectivity index (χ0) is 17.4. The fraction of sp³-hybridized carbons (Fsp3) is 0.211. The molecule has 0 aliphatic carbocycles. The van der Waals surface area contributed by atoms with Crippen LogP contribution in [0.5, 0.6) is 0 Å². The first kappa shape index (κ1) is 18.4. The summed E-state index contributed by atoms with van der Waals surface area (Å²) < 4.78 is 10.4. The monoisotopic (exact) mass is 364 g/mol. The van der Waals surface area contributed by atoms with Crippen LogP contribution < -0.4 is 0 Å². The number of esters is 1. The van der Waals surface area contributed by atoms with Crippen LogP contribution >= 0.6 is 23.2 Å². The van der Waals surface area contributed by atoms with Crippen molar-refractivity contribution in [3.8, 4) is 0 Å². The number of methoxy groups -OCH3 is 1. The second-order valence-corrected chi connectivity index (χ2v) is 5.96. The van der Waals surface area contributed by atoms with E-state index < -0.39 is 0 Å². The summed E-state index contributed by atoms with van der Waals surface area (Å²) in [6.45, 7) is 0.448. The Bertz CT molecular complexity index is 712. The van der Waals surface area contributed by atoms with E-state index in [2.05, 4.69) is 0 Å². The second-order valence-electron chi connectivity index (χ2n) is 5.14. The number of carbonyl (C=O) groups is 1. The molecule has 0 spiro atoms. The van der Waals surface area contributed by atoms with Gasteiger partial charge in [0.1, 0.15) is 6.61 Å². The van der Waals surface area contributed by atoms with Crippen LogP contribution in [0.25, 0.3) is 5.57 Å². The van der Waals surface area contributed by atoms with E-state index >= 15 is 0 Å². The van der Waals surface area contributed by atoms with Crippen LogP contribution in [0.1, 0.15) is 24.0 Å². The molecule has 126 valence electrons. The maximum absolute atomic E-state index is 11.4. The summed E-state index contributed by atoms with van der Waals surface area (Å²) in [5.41, 5.74) is 2.78. The normalized spacial score (nSPS) is 11.2. The average molecular weight is 365 g/mol. The lowest BCUT2D eigenvalue weighted by molar-refractivity contribution is -0.140. The number of rotatable bonds is 7. The standard InChI is InChI=1S/C19H18Cl2O3/c1-23-19(22)10-8-16(15-7-9-17(20)18(21)11-15)13-24-12-14-5-3-2-4-6-14/h2-7,9,11,13H,8,10,12H2,1H3. The summed E-state index contributed by atoms with van der Waals surface area (Å²) in [5, 5.41) is 0.944. The van der Waals surface area contributed by atoms with Crippen molar-refractivity contribution in [1.82, 2.24) is 0 Å². The quantitative estimate of drug-likeness (QED) is 0.480. The Labute approximate surface area is 151 Å². The third-order valence-corrected chi connectivity index (χ3v) is 4.17. The predicted molar refractivity (Wildman–Crippen MR) is 96.9 cm³/mol. The highest BCUT2D eigenvalue weighted by atomic mass is 35.5. The molecule has 0 heterocycles. The lowest BCUT2D eigenvalue weighted by Gasteiger charge is -2.10. The van der Waals surface area contributed by atoms with Gasteiger partial charge in [0.25, 0.3) is 0 Å². The Kier molecular flexibility index (Phi) is 7.16. The summed E-state index contributed by atoms with van der Waals surface area (Å²) in [6.07, 6.45) is 2.41. The zero-order valence-corrected chi connectivity index (χ0v) is 14.8. The molecule has 0 aromatic heterocycles. The van der Waals surface area contributed by atoms with E-state index in [9.17, 15) is 4.79 Å². The van der Waals surface area contributed by atoms with Gasteiger partial charge in [0.05, 0.1) is 23.4 Å². The molecule has 2 rings (SSSR count). The summed E-state index contributed by atoms with van der Waals surface area (Å²) >= 11 is 12.0. The Morgan fingerprint density at radius 3 is 2.46 bits per heavy atom. The predicted octanol–water partition coefficient (Wildman–Crippen LogP) is 5.50. The Morgan fingerprint density at radius 1 is 1.04 bits per heavy atom. The van der Waals surface area contributed by atoms with Crippen molar-refractivity contribution < 1.29 is 14.3 Å². The Morgan fingerprint density at radius 2 is 1.79 bits per heavy atom. The minimum Gasteiger partial charge on any atom is -0.496 e. The first-order valence-electron chi connectivity index (χ1n) is 7.47. The van der Waals surface area contributed by atoms with Crippen molar-refractivity contribution in [2.45, 2.75) is 19.4 Å². The van der Waals surface area contributed by atoms with Gasteiger partial charge in [0.2, 0.25) is 0 Å². The summed E-state index contributed by atoms with van der Waals surface area (Å²) in [6, 6.07) is 15.2. The molecule has 0 saturated carbocycles. The lowest BCUT2D eigenvalue weighted by Crippen LogP contribution is -2.01. The van der Waals surface area contributed by atoms with Crippen molar-refractivity contribution in [3.05, 3.63) is 76.0 Å². The van der Waals surface area contributed by atoms with Gasteiger partial charge >= 0.3 is 5.97 Å². The van der Waals surface area contributed by atoms with Crippen molar-refractivity contribution in [2.75, 3.05) is 7.11 Å². The zero-order valence-electron chi connectivity index (χ0n) is 13.3. The van der Waals surface area contributed by atoms with Gasteiger partial charge < -0.3 is 9.47 Å². The molecular weight excluding hydrogens is 347 g/mol. The molecule has 0 radical (unpaired) electrons. The van der Waals surface area contributed by atoms with Crippen LogP contribution in [0.4, 0.5) is 0 Å². The van der Waals surface area contributed by atoms with Crippen molar-refractivity contribution >= 4 is 34.7 Å². The van der Waals surface area contributed by atoms with Gasteiger partial charge in [0, 0.05) is 6.42 Å². The molecule has 0 aliphatic heterocycles. The maximum atomic E-state index is 11.4. The van der Waals surface area contributed by atoms with Gasteiger partial charge in [-0.15, -0.1) is 0 Å². The molecule has 5 heteroatoms. The van der Waals surface area contributed by atoms with Crippen LogP contribution in [0.3, 0.4) is 0 Å². The number of halogens is 2. The molecule has 0 N–H and O–H groups in total. The minimum absolute atomic E-state index is 0.261. The van der Waals surface area contributed by atoms with Gasteiger partial charge in [-0.3, -0.25) is 4.79 Å². The van der Waals surface area contributed by atoms with Gasteiger partial charge in [0.15, 0.2) is 0 Å². The molecule has 0 aliphatic rings. The van der Waals surface area contributed by atoms with E-state index in [1.807, 2.05) is 36.4 Å². The van der Waals surface area contributed by atoms with E-state index in [0.29, 0.717) is 23.1 Å². The van der Waals surface area contributed by atoms with Crippen molar-refractivity contribution in [3.63, 3.8) is 0 Å². The van der Waals surface area contributed by atoms with Crippen molar-refractivity contribution in [2.24, 2.45) is 0 Å². The average Bonchev–Trinajstić information content (AvgIpc) is 2.61. The van der Waals surface area contributed by atoms with Gasteiger partial charge in [-0.05, 0) is 35.3 Å². The number of hydrogen-bond acceptors (Lipinski definition) is 3. The summed E-state index contributed by atoms with van der Waals surface area (Å²) in [4.78, 5) is 11.4. The van der Waals surface area contributed by atoms with E-state index in [0.717, 1.165) is 16.7 Å². The summed E-state index contributed by atoms with van der Waals surface area (Å²) in [7, 11) is 1.37. The molecule has 0 unspecified atom stereocenters. The van der Waals surface area contributed by atoms with E-state index in [-0.39, 0.29) is 12.4 Å². The molecule has 2 aromatic carbocycles. The molecule has 0 fully saturated rings. The third kappa shape index (κ3) is 5.59. The fourth-order valence-electron chi connectivity index (χ4n) is 2.12. The van der Waals surface area contributed by atoms with Gasteiger partial charge in [-0.2, -0.15) is 0 Å². The molecule has 2 aromatic rings. The highest BCUT2D eigenvalue weighted by molar-refractivity contribution is 6.42. The highest BCUT2D eigenvalue weighted by Gasteiger charge is 2.09. The molecule has 3 nitrogen and oxygen atoms in total. The molecule has 0 saturated heterocycles. The first-order chi connectivity index (χ1) is 11.6. The van der Waals surface area contributed by atoms with E-state index in [1.54, 1.807) is 18.4 Å². The maximum Gasteiger partial charge on any atom is 0.305 e. The number of hydrogen-bond donors (Lipinski definition) is 0. The van der Waals surface area contributed by atoms with Crippen LogP contribution in [0.2, 0.25) is 10.0 Å². The smallest absolute Gasteiger partial charge is 0.305 e. The number of ether oxygens (including phenoxy) is 2. The molecule has 0 bridgehead atoms. The van der Waals surface area contributed by atoms with Crippen LogP contribution in [-0.2, 0) is 20.9 Å². The topological polar surface area (TPSA) is 35.5 Å². The van der Waals surface area contributed by atoms with Crippen LogP contribution in [0.15, 0.2) is 54.8 Å². The van der Waals surface area contributed by atoms with Crippen molar-refractivity contribution in [1.29, 1.82) is 0 Å². The number of benzene rings is 2. The minimum atomic E-state index is -0.274. The number of carbonyl (C=O) groups excluding carboxylic acids is 1. The molecule has 24 heavy (non-hydrogen) atoms. The molecule has 0 amide bonds. The Hall–Kier alpha value is -1.97. The number of allylic oxidation sites excluding steroid dienone is 1. The SMILES string of the molecule is COC(=O)CCC(=COCc1ccccc1)c1ccc(Cl)c(Cl)c1. The molecule has 0 atom stereocenters. The van der Waals surface area contributed by atoms with E-state index in [1.165, 1.54) is 7.11 Å².